The molecular formula is C11H19N2O2W-3. The number of imide groups is 1. The van der Waals surface area contributed by atoms with Gasteiger partial charge in [0.05, 0.1) is 0 Å². The molecule has 1 heterocycles. The summed E-state index contributed by atoms with van der Waals surface area (Å²) in [5, 5.41) is 1.91. The van der Waals surface area contributed by atoms with Crippen molar-refractivity contribution >= 4 is 12.3 Å². The molecule has 0 unspecified atom stereocenters. The second-order valence-corrected chi connectivity index (χ2v) is 2.82. The van der Waals surface area contributed by atoms with Gasteiger partial charge in [0.2, 0.25) is 6.41 Å². The van der Waals surface area contributed by atoms with E-state index in [-0.39, 0.29) is 40.8 Å². The molecule has 0 fully saturated rings. The van der Waals surface area contributed by atoms with Crippen LogP contribution < -0.4 is 5.32 Å². The molecule has 0 aliphatic carbocycles. The third-order valence-corrected chi connectivity index (χ3v) is 1.55. The molecule has 0 spiro atoms. The van der Waals surface area contributed by atoms with Crippen LogP contribution in [0.15, 0.2) is 12.2 Å². The number of hydrogen-bond donors (Lipinski definition) is 1. The van der Waals surface area contributed by atoms with Gasteiger partial charge in [-0.05, 0) is 7.05 Å². The average molecular weight is 395 g/mol. The van der Waals surface area contributed by atoms with E-state index in [0.29, 0.717) is 6.41 Å². The fraction of sp³-hybridized carbons (Fsp3) is 0.364. The van der Waals surface area contributed by atoms with Crippen LogP contribution in [-0.2, 0) is 30.7 Å². The fourth-order valence-corrected chi connectivity index (χ4v) is 0.790. The minimum atomic E-state index is -0.352. The van der Waals surface area contributed by atoms with E-state index in [0.717, 1.165) is 13.1 Å². The first-order chi connectivity index (χ1) is 6.70. The van der Waals surface area contributed by atoms with Crippen molar-refractivity contribution in [2.75, 3.05) is 20.1 Å². The quantitative estimate of drug-likeness (QED) is 0.551. The Morgan fingerprint density at radius 1 is 1.69 bits per heavy atom. The third-order valence-electron chi connectivity index (χ3n) is 1.55. The van der Waals surface area contributed by atoms with E-state index in [1.807, 2.05) is 5.32 Å². The molecule has 0 saturated heterocycles. The summed E-state index contributed by atoms with van der Waals surface area (Å²) in [4.78, 5) is 21.7. The number of nitrogens with one attached hydrogen (secondary N) is 1. The predicted octanol–water partition coefficient (Wildman–Crippen LogP) is 0.623. The summed E-state index contributed by atoms with van der Waals surface area (Å²) < 4.78 is 0. The Morgan fingerprint density at radius 2 is 2.31 bits per heavy atom. The molecule has 0 saturated carbocycles. The number of likely N-dealkylation sites (N-methyl/N-ethyl adjacent to an activating group) is 1. The summed E-state index contributed by atoms with van der Waals surface area (Å²) in [6, 6.07) is 0. The standard InChI is InChI=1S/C6H10N.C4H6NO2.CH3.W/c1-7-5-3-2-4-6-7;1-2-4(7)5-3-6;;/h2-4H,5-6H2,1H3;3H,1-2H2,(H,5,6,7);1H3;/q3*-1;. The van der Waals surface area contributed by atoms with Gasteiger partial charge in [-0.15, -0.1) is 6.42 Å². The summed E-state index contributed by atoms with van der Waals surface area (Å²) >= 11 is 0. The van der Waals surface area contributed by atoms with Gasteiger partial charge in [0, 0.05) is 21.1 Å². The maximum atomic E-state index is 10.0. The molecule has 0 aromatic rings. The zero-order valence-corrected chi connectivity index (χ0v) is 12.7. The SMILES string of the molecule is CN1CC=C[CH-]C1.[CH2-]CC(=O)NC=O.[CH3-].[W]. The van der Waals surface area contributed by atoms with Crippen molar-refractivity contribution in [3.8, 4) is 0 Å². The maximum absolute atomic E-state index is 10.0. The predicted molar refractivity (Wildman–Crippen MR) is 61.5 cm³/mol. The molecule has 4 nitrogen and oxygen atoms in total. The Bertz CT molecular complexity index is 208. The summed E-state index contributed by atoms with van der Waals surface area (Å²) in [6.07, 6.45) is 6.87. The molecule has 0 radical (unpaired) electrons. The molecular weight excluding hydrogens is 376 g/mol. The van der Waals surface area contributed by atoms with Crippen molar-refractivity contribution in [3.05, 3.63) is 32.9 Å². The zero-order chi connectivity index (χ0) is 10.8. The van der Waals surface area contributed by atoms with E-state index < -0.39 is 0 Å². The molecule has 1 aliphatic rings. The van der Waals surface area contributed by atoms with Gasteiger partial charge < -0.3 is 24.6 Å². The number of nitrogens with zero attached hydrogens (tertiary/aromatic N) is 1. The van der Waals surface area contributed by atoms with Crippen molar-refractivity contribution in [2.45, 2.75) is 6.42 Å². The van der Waals surface area contributed by atoms with Crippen LogP contribution in [0.4, 0.5) is 0 Å². The maximum Gasteiger partial charge on any atom is 0.213 e. The Labute approximate surface area is 113 Å². The van der Waals surface area contributed by atoms with Gasteiger partial charge in [-0.25, -0.2) is 18.6 Å². The third kappa shape index (κ3) is 13.4. The molecule has 1 N–H and O–H groups in total. The Kier molecular flexibility index (Phi) is 18.7. The van der Waals surface area contributed by atoms with Gasteiger partial charge in [-0.3, -0.25) is 9.59 Å². The Hall–Kier alpha value is -0.602. The monoisotopic (exact) mass is 395 g/mol. The molecule has 0 aromatic heterocycles. The van der Waals surface area contributed by atoms with Gasteiger partial charge >= 0.3 is 0 Å². The van der Waals surface area contributed by atoms with Crippen LogP contribution in [0.3, 0.4) is 0 Å². The molecule has 0 atom stereocenters. The largest absolute Gasteiger partial charge is 0.358 e. The summed E-state index contributed by atoms with van der Waals surface area (Å²) in [7, 11) is 2.11. The molecule has 2 amide bonds. The van der Waals surface area contributed by atoms with Crippen LogP contribution in [0.2, 0.25) is 0 Å². The molecule has 0 bridgehead atoms. The van der Waals surface area contributed by atoms with Crippen LogP contribution in [0.5, 0.6) is 0 Å². The van der Waals surface area contributed by atoms with Crippen molar-refractivity contribution in [2.24, 2.45) is 0 Å². The van der Waals surface area contributed by atoms with Gasteiger partial charge in [0.25, 0.3) is 0 Å². The second kappa shape index (κ2) is 14.4. The molecule has 94 valence electrons. The van der Waals surface area contributed by atoms with Crippen LogP contribution in [0.25, 0.3) is 0 Å². The van der Waals surface area contributed by atoms with Crippen LogP contribution >= 0.6 is 0 Å². The molecule has 1 rings (SSSR count). The second-order valence-electron chi connectivity index (χ2n) is 2.82. The molecule has 0 aromatic carbocycles. The van der Waals surface area contributed by atoms with Crippen molar-refractivity contribution in [1.82, 2.24) is 10.2 Å². The van der Waals surface area contributed by atoms with Gasteiger partial charge in [-0.1, -0.05) is 13.1 Å². The summed E-state index contributed by atoms with van der Waals surface area (Å²) in [5.41, 5.74) is 0. The minimum Gasteiger partial charge on any atom is -0.358 e. The first-order valence-electron chi connectivity index (χ1n) is 4.39. The van der Waals surface area contributed by atoms with E-state index >= 15 is 0 Å². The minimum absolute atomic E-state index is 0. The van der Waals surface area contributed by atoms with Crippen LogP contribution in [0, 0.1) is 20.8 Å². The molecule has 1 aliphatic heterocycles. The van der Waals surface area contributed by atoms with E-state index in [1.54, 1.807) is 0 Å². The van der Waals surface area contributed by atoms with E-state index in [9.17, 15) is 9.59 Å². The summed E-state index contributed by atoms with van der Waals surface area (Å²) in [5.74, 6) is -0.352. The van der Waals surface area contributed by atoms with Crippen molar-refractivity contribution in [3.63, 3.8) is 0 Å². The van der Waals surface area contributed by atoms with Crippen LogP contribution in [-0.4, -0.2) is 37.4 Å². The van der Waals surface area contributed by atoms with Gasteiger partial charge in [-0.2, -0.15) is 0 Å². The number of carbonyl (C=O) groups is 2. The van der Waals surface area contributed by atoms with Crippen molar-refractivity contribution < 1.29 is 30.7 Å². The first kappa shape index (κ1) is 20.8. The van der Waals surface area contributed by atoms with E-state index in [2.05, 4.69) is 37.4 Å². The van der Waals surface area contributed by atoms with Gasteiger partial charge in [0.15, 0.2) is 5.91 Å². The number of hydrogen-bond acceptors (Lipinski definition) is 3. The summed E-state index contributed by atoms with van der Waals surface area (Å²) in [6.45, 7) is 5.45. The smallest absolute Gasteiger partial charge is 0.213 e. The van der Waals surface area contributed by atoms with Crippen molar-refractivity contribution in [1.29, 1.82) is 0 Å². The van der Waals surface area contributed by atoms with E-state index in [1.165, 1.54) is 0 Å². The topological polar surface area (TPSA) is 49.4 Å². The molecule has 5 heteroatoms. The van der Waals surface area contributed by atoms with E-state index in [4.69, 9.17) is 0 Å². The number of carbonyl (C=O) groups excluding carboxylic acids is 2. The number of rotatable bonds is 2. The first-order valence-corrected chi connectivity index (χ1v) is 4.39. The normalized spacial score (nSPS) is 12.9. The van der Waals surface area contributed by atoms with Gasteiger partial charge in [0.1, 0.15) is 0 Å². The Balaban J connectivity index is -0.000000188. The molecule has 16 heavy (non-hydrogen) atoms. The Morgan fingerprint density at radius 3 is 2.50 bits per heavy atom. The fourth-order valence-electron chi connectivity index (χ4n) is 0.790. The van der Waals surface area contributed by atoms with Crippen LogP contribution in [0.1, 0.15) is 6.42 Å². The zero-order valence-electron chi connectivity index (χ0n) is 9.81. The number of amides is 2. The average Bonchev–Trinajstić information content (AvgIpc) is 2.20.